The molecule has 0 aliphatic carbocycles. The zero-order valence-electron chi connectivity index (χ0n) is 22.3. The first kappa shape index (κ1) is 27.6. The van der Waals surface area contributed by atoms with E-state index in [-0.39, 0.29) is 42.6 Å². The fourth-order valence-electron chi connectivity index (χ4n) is 4.94. The van der Waals surface area contributed by atoms with Crippen LogP contribution < -0.4 is 11.3 Å². The molecule has 0 aliphatic rings. The van der Waals surface area contributed by atoms with Gasteiger partial charge < -0.3 is 15.1 Å². The van der Waals surface area contributed by atoms with Crippen LogP contribution in [0.4, 0.5) is 0 Å². The van der Waals surface area contributed by atoms with E-state index in [0.717, 1.165) is 10.4 Å². The fraction of sp³-hybridized carbons (Fsp3) is 0.267. The number of fused-ring (bicyclic) bond motifs is 3. The zero-order valence-corrected chi connectivity index (χ0v) is 23.9. The van der Waals surface area contributed by atoms with Gasteiger partial charge in [0.05, 0.1) is 18.2 Å². The smallest absolute Gasteiger partial charge is 0.297 e. The van der Waals surface area contributed by atoms with E-state index in [2.05, 4.69) is 6.07 Å². The molecule has 204 valence electrons. The van der Waals surface area contributed by atoms with Gasteiger partial charge in [0.1, 0.15) is 23.0 Å². The highest BCUT2D eigenvalue weighted by molar-refractivity contribution is 7.10. The van der Waals surface area contributed by atoms with Gasteiger partial charge in [0.2, 0.25) is 5.58 Å². The molecule has 0 spiro atoms. The number of nitrogens with zero attached hydrogens (tertiary/aromatic N) is 4. The Hall–Kier alpha value is -3.97. The summed E-state index contributed by atoms with van der Waals surface area (Å²) >= 11 is 7.67. The normalized spacial score (nSPS) is 12.2. The highest BCUT2D eigenvalue weighted by Crippen LogP contribution is 2.33. The predicted octanol–water partition coefficient (Wildman–Crippen LogP) is 5.88. The molecule has 0 aliphatic heterocycles. The Bertz CT molecular complexity index is 1810. The van der Waals surface area contributed by atoms with E-state index < -0.39 is 6.04 Å². The summed E-state index contributed by atoms with van der Waals surface area (Å²) in [4.78, 5) is 35.5. The second kappa shape index (κ2) is 11.3. The number of aromatic nitrogens is 2. The minimum absolute atomic E-state index is 0.107. The van der Waals surface area contributed by atoms with Crippen LogP contribution in [-0.4, -0.2) is 33.4 Å². The molecule has 2 N–H and O–H groups in total. The predicted molar refractivity (Wildman–Crippen MR) is 158 cm³/mol. The van der Waals surface area contributed by atoms with Crippen molar-refractivity contribution in [3.63, 3.8) is 0 Å². The van der Waals surface area contributed by atoms with Crippen LogP contribution in [0.25, 0.3) is 22.1 Å². The zero-order chi connectivity index (χ0) is 28.6. The van der Waals surface area contributed by atoms with Crippen LogP contribution in [0.5, 0.6) is 0 Å². The fourth-order valence-corrected chi connectivity index (χ4v) is 5.91. The number of carbonyl (C=O) groups is 1. The Labute approximate surface area is 240 Å². The molecule has 1 atom stereocenters. The lowest BCUT2D eigenvalue weighted by Crippen LogP contribution is -2.43. The Kier molecular flexibility index (Phi) is 7.76. The molecule has 8 nitrogen and oxygen atoms in total. The number of rotatable bonds is 8. The van der Waals surface area contributed by atoms with Crippen molar-refractivity contribution in [1.29, 1.82) is 5.26 Å². The van der Waals surface area contributed by atoms with Gasteiger partial charge in [-0.1, -0.05) is 43.1 Å². The first-order chi connectivity index (χ1) is 19.2. The van der Waals surface area contributed by atoms with E-state index in [4.69, 9.17) is 26.7 Å². The summed E-state index contributed by atoms with van der Waals surface area (Å²) in [5.74, 6) is 0.0836. The highest BCUT2D eigenvalue weighted by Gasteiger charge is 2.33. The SMILES string of the molecule is Cc1ccc(C(=O)N(CCN)C(c2nc3c(oc4ccc(Cl)cc43)c(=O)n2Cc2cc(C#N)cs2)C(C)C)cc1. The first-order valence-electron chi connectivity index (χ1n) is 12.9. The van der Waals surface area contributed by atoms with Gasteiger partial charge in [0, 0.05) is 39.3 Å². The van der Waals surface area contributed by atoms with Crippen molar-refractivity contribution < 1.29 is 9.21 Å². The molecule has 0 saturated heterocycles. The van der Waals surface area contributed by atoms with Crippen LogP contribution in [-0.2, 0) is 6.54 Å². The minimum Gasteiger partial charge on any atom is -0.448 e. The number of hydrogen-bond acceptors (Lipinski definition) is 7. The average molecular weight is 574 g/mol. The molecule has 5 aromatic rings. The van der Waals surface area contributed by atoms with E-state index in [1.54, 1.807) is 51.2 Å². The molecule has 3 heterocycles. The van der Waals surface area contributed by atoms with E-state index in [9.17, 15) is 14.9 Å². The number of halogens is 1. The van der Waals surface area contributed by atoms with Crippen LogP contribution in [0.1, 0.15) is 52.1 Å². The molecule has 1 amide bonds. The highest BCUT2D eigenvalue weighted by atomic mass is 35.5. The van der Waals surface area contributed by atoms with Crippen LogP contribution in [0.2, 0.25) is 5.02 Å². The van der Waals surface area contributed by atoms with Crippen molar-refractivity contribution in [1.82, 2.24) is 14.5 Å². The monoisotopic (exact) mass is 573 g/mol. The van der Waals surface area contributed by atoms with Crippen LogP contribution in [0, 0.1) is 24.2 Å². The summed E-state index contributed by atoms with van der Waals surface area (Å²) < 4.78 is 7.52. The van der Waals surface area contributed by atoms with Gasteiger partial charge in [-0.3, -0.25) is 14.2 Å². The third-order valence-electron chi connectivity index (χ3n) is 6.82. The van der Waals surface area contributed by atoms with Crippen LogP contribution in [0.15, 0.2) is 63.1 Å². The molecule has 2 aromatic carbocycles. The standard InChI is InChI=1S/C30H28ClN5O3S/c1-17(2)26(35(11-10-32)29(37)20-6-4-18(3)5-7-20)28-34-25-23-13-21(31)8-9-24(23)39-27(25)30(38)36(28)15-22-12-19(14-33)16-40-22/h4-9,12-13,16-17,26H,10-11,15,32H2,1-3H3. The van der Waals surface area contributed by atoms with Crippen molar-refractivity contribution in [2.75, 3.05) is 13.1 Å². The second-order valence-electron chi connectivity index (χ2n) is 10.0. The quantitative estimate of drug-likeness (QED) is 0.247. The summed E-state index contributed by atoms with van der Waals surface area (Å²) in [5.41, 5.74) is 8.71. The second-order valence-corrected chi connectivity index (χ2v) is 11.5. The third-order valence-corrected chi connectivity index (χ3v) is 7.98. The lowest BCUT2D eigenvalue weighted by molar-refractivity contribution is 0.0612. The third kappa shape index (κ3) is 5.13. The maximum absolute atomic E-state index is 14.1. The number of nitrogens with two attached hydrogens (primary N) is 1. The molecule has 0 saturated carbocycles. The van der Waals surface area contributed by atoms with Gasteiger partial charge in [-0.05, 0) is 49.2 Å². The van der Waals surface area contributed by atoms with Crippen LogP contribution in [0.3, 0.4) is 0 Å². The summed E-state index contributed by atoms with van der Waals surface area (Å²) in [6.07, 6.45) is 0. The topological polar surface area (TPSA) is 118 Å². The molecule has 0 fully saturated rings. The van der Waals surface area contributed by atoms with E-state index in [1.165, 1.54) is 11.3 Å². The molecular weight excluding hydrogens is 546 g/mol. The number of thiophene rings is 1. The van der Waals surface area contributed by atoms with E-state index in [0.29, 0.717) is 38.5 Å². The molecule has 40 heavy (non-hydrogen) atoms. The maximum Gasteiger partial charge on any atom is 0.297 e. The summed E-state index contributed by atoms with van der Waals surface area (Å²) in [7, 11) is 0. The average Bonchev–Trinajstić information content (AvgIpc) is 3.54. The van der Waals surface area contributed by atoms with Crippen molar-refractivity contribution in [3.8, 4) is 6.07 Å². The number of hydrogen-bond donors (Lipinski definition) is 1. The van der Waals surface area contributed by atoms with Gasteiger partial charge >= 0.3 is 0 Å². The number of benzene rings is 2. The number of furan rings is 1. The molecular formula is C30H28ClN5O3S. The number of aryl methyl sites for hydroxylation is 1. The first-order valence-corrected chi connectivity index (χ1v) is 14.1. The summed E-state index contributed by atoms with van der Waals surface area (Å²) in [6, 6.07) is 15.8. The van der Waals surface area contributed by atoms with Gasteiger partial charge in [0.15, 0.2) is 0 Å². The minimum atomic E-state index is -0.589. The Morgan fingerprint density at radius 3 is 2.62 bits per heavy atom. The van der Waals surface area contributed by atoms with E-state index >= 15 is 0 Å². The van der Waals surface area contributed by atoms with E-state index in [1.807, 2.05) is 32.9 Å². The molecule has 5 rings (SSSR count). The molecule has 0 radical (unpaired) electrons. The molecule has 1 unspecified atom stereocenters. The summed E-state index contributed by atoms with van der Waals surface area (Å²) in [6.45, 7) is 6.60. The molecule has 3 aromatic heterocycles. The number of amides is 1. The Morgan fingerprint density at radius 2 is 1.98 bits per heavy atom. The van der Waals surface area contributed by atoms with Crippen molar-refractivity contribution in [2.45, 2.75) is 33.4 Å². The van der Waals surface area contributed by atoms with Gasteiger partial charge in [0.25, 0.3) is 11.5 Å². The van der Waals surface area contributed by atoms with Crippen molar-refractivity contribution >= 4 is 50.9 Å². The number of carbonyl (C=O) groups excluding carboxylic acids is 1. The number of nitriles is 1. The van der Waals surface area contributed by atoms with Crippen LogP contribution >= 0.6 is 22.9 Å². The van der Waals surface area contributed by atoms with Gasteiger partial charge in [-0.25, -0.2) is 4.98 Å². The largest absolute Gasteiger partial charge is 0.448 e. The molecule has 0 bridgehead atoms. The Balaban J connectivity index is 1.76. The van der Waals surface area contributed by atoms with Crippen molar-refractivity contribution in [2.24, 2.45) is 11.7 Å². The maximum atomic E-state index is 14.1. The summed E-state index contributed by atoms with van der Waals surface area (Å²) in [5, 5.41) is 12.2. The lowest BCUT2D eigenvalue weighted by Gasteiger charge is -2.35. The van der Waals surface area contributed by atoms with Gasteiger partial charge in [-0.2, -0.15) is 5.26 Å². The lowest BCUT2D eigenvalue weighted by atomic mass is 9.99. The van der Waals surface area contributed by atoms with Crippen molar-refractivity contribution in [3.05, 3.63) is 96.7 Å². The van der Waals surface area contributed by atoms with Gasteiger partial charge in [-0.15, -0.1) is 11.3 Å². The molecule has 10 heteroatoms. The Morgan fingerprint density at radius 1 is 1.23 bits per heavy atom.